The van der Waals surface area contributed by atoms with Gasteiger partial charge in [0.15, 0.2) is 0 Å². The summed E-state index contributed by atoms with van der Waals surface area (Å²) in [6.07, 6.45) is 0. The van der Waals surface area contributed by atoms with Crippen LogP contribution in [0.5, 0.6) is 0 Å². The molecule has 0 aliphatic carbocycles. The van der Waals surface area contributed by atoms with Crippen molar-refractivity contribution in [3.8, 4) is 6.07 Å². The largest absolute Gasteiger partial charge is 0.271 e. The maximum absolute atomic E-state index is 11.1. The summed E-state index contributed by atoms with van der Waals surface area (Å²) in [6.45, 7) is 0. The summed E-state index contributed by atoms with van der Waals surface area (Å²) < 4.78 is 22.1. The molecule has 84 valence electrons. The highest BCUT2D eigenvalue weighted by Crippen LogP contribution is 2.32. The number of nitrogens with zero attached hydrogens (tertiary/aromatic N) is 2. The summed E-state index contributed by atoms with van der Waals surface area (Å²) in [4.78, 5) is 9.27. The molecule has 0 saturated carbocycles. The molecular formula is C7H2BrClN2O4S. The van der Waals surface area contributed by atoms with Gasteiger partial charge in [-0.15, -0.1) is 0 Å². The molecule has 9 heteroatoms. The first-order valence-electron chi connectivity index (χ1n) is 3.60. The molecule has 0 fully saturated rings. The molecule has 0 unspecified atom stereocenters. The van der Waals surface area contributed by atoms with Crippen LogP contribution in [0, 0.1) is 21.4 Å². The Bertz CT molecular complexity index is 608. The predicted molar refractivity (Wildman–Crippen MR) is 58.6 cm³/mol. The van der Waals surface area contributed by atoms with Crippen LogP contribution in [0.15, 0.2) is 21.5 Å². The van der Waals surface area contributed by atoms with Crippen molar-refractivity contribution in [1.29, 1.82) is 5.26 Å². The zero-order chi connectivity index (χ0) is 12.5. The minimum absolute atomic E-state index is 0.117. The van der Waals surface area contributed by atoms with Crippen LogP contribution in [-0.2, 0) is 9.05 Å². The Labute approximate surface area is 103 Å². The number of hydrogen-bond acceptors (Lipinski definition) is 5. The summed E-state index contributed by atoms with van der Waals surface area (Å²) in [5.41, 5.74) is -0.774. The van der Waals surface area contributed by atoms with Gasteiger partial charge in [-0.3, -0.25) is 10.1 Å². The van der Waals surface area contributed by atoms with Gasteiger partial charge in [-0.05, 0) is 15.9 Å². The molecule has 0 N–H and O–H groups in total. The van der Waals surface area contributed by atoms with E-state index in [1.54, 1.807) is 6.07 Å². The quantitative estimate of drug-likeness (QED) is 0.471. The van der Waals surface area contributed by atoms with Crippen molar-refractivity contribution >= 4 is 41.4 Å². The normalized spacial score (nSPS) is 10.8. The van der Waals surface area contributed by atoms with Gasteiger partial charge >= 0.3 is 0 Å². The molecule has 0 atom stereocenters. The molecule has 0 aromatic heterocycles. The Morgan fingerprint density at radius 2 is 2.06 bits per heavy atom. The lowest BCUT2D eigenvalue weighted by molar-refractivity contribution is -0.385. The molecule has 0 bridgehead atoms. The number of nitro groups is 1. The third kappa shape index (κ3) is 2.49. The van der Waals surface area contributed by atoms with E-state index in [-0.39, 0.29) is 10.0 Å². The second-order valence-corrected chi connectivity index (χ2v) is 5.97. The highest BCUT2D eigenvalue weighted by atomic mass is 79.9. The zero-order valence-corrected chi connectivity index (χ0v) is 10.5. The number of non-ortho nitro benzene ring substituents is 1. The Morgan fingerprint density at radius 1 is 1.50 bits per heavy atom. The molecule has 0 aliphatic rings. The Kier molecular flexibility index (Phi) is 3.52. The van der Waals surface area contributed by atoms with Crippen LogP contribution in [0.1, 0.15) is 5.56 Å². The van der Waals surface area contributed by atoms with E-state index in [1.807, 2.05) is 0 Å². The molecule has 1 aromatic rings. The van der Waals surface area contributed by atoms with Crippen LogP contribution in [0.4, 0.5) is 5.69 Å². The molecule has 0 radical (unpaired) electrons. The molecule has 1 aromatic carbocycles. The number of nitro benzene ring substituents is 1. The van der Waals surface area contributed by atoms with Crippen LogP contribution in [0.25, 0.3) is 0 Å². The lowest BCUT2D eigenvalue weighted by Gasteiger charge is -2.02. The lowest BCUT2D eigenvalue weighted by Crippen LogP contribution is -1.99. The molecule has 0 heterocycles. The number of halogens is 2. The van der Waals surface area contributed by atoms with Crippen molar-refractivity contribution in [3.05, 3.63) is 32.3 Å². The van der Waals surface area contributed by atoms with Crippen molar-refractivity contribution < 1.29 is 13.3 Å². The van der Waals surface area contributed by atoms with E-state index in [1.165, 1.54) is 0 Å². The fourth-order valence-corrected chi connectivity index (χ4v) is 3.54. The average molecular weight is 326 g/mol. The van der Waals surface area contributed by atoms with E-state index >= 15 is 0 Å². The van der Waals surface area contributed by atoms with Crippen molar-refractivity contribution in [2.75, 3.05) is 0 Å². The standard InChI is InChI=1S/C7H2BrClN2O4S/c8-6-2-5(11(12)13)1-4(3-10)7(6)16(9,14)15/h1-2H. The van der Waals surface area contributed by atoms with Crippen LogP contribution in [-0.4, -0.2) is 13.3 Å². The fourth-order valence-electron chi connectivity index (χ4n) is 1.02. The van der Waals surface area contributed by atoms with Crippen molar-refractivity contribution in [3.63, 3.8) is 0 Å². The second-order valence-electron chi connectivity index (χ2n) is 2.61. The average Bonchev–Trinajstić information content (AvgIpc) is 2.14. The third-order valence-corrected chi connectivity index (χ3v) is 3.88. The maximum atomic E-state index is 11.1. The first-order valence-corrected chi connectivity index (χ1v) is 6.70. The molecule has 0 amide bonds. The number of nitriles is 1. The Balaban J connectivity index is 3.68. The monoisotopic (exact) mass is 324 g/mol. The van der Waals surface area contributed by atoms with Crippen LogP contribution in [0.3, 0.4) is 0 Å². The van der Waals surface area contributed by atoms with Gasteiger partial charge in [0, 0.05) is 27.3 Å². The SMILES string of the molecule is N#Cc1cc([N+](=O)[O-])cc(Br)c1S(=O)(=O)Cl. The molecule has 0 saturated heterocycles. The van der Waals surface area contributed by atoms with E-state index in [2.05, 4.69) is 15.9 Å². The zero-order valence-electron chi connectivity index (χ0n) is 7.35. The highest BCUT2D eigenvalue weighted by molar-refractivity contribution is 9.10. The first kappa shape index (κ1) is 12.9. The molecule has 0 spiro atoms. The van der Waals surface area contributed by atoms with Crippen molar-refractivity contribution in [2.24, 2.45) is 0 Å². The summed E-state index contributed by atoms with van der Waals surface area (Å²) in [5.74, 6) is 0. The van der Waals surface area contributed by atoms with Gasteiger partial charge < -0.3 is 0 Å². The summed E-state index contributed by atoms with van der Waals surface area (Å²) in [6, 6.07) is 3.36. The van der Waals surface area contributed by atoms with Gasteiger partial charge in [0.25, 0.3) is 14.7 Å². The summed E-state index contributed by atoms with van der Waals surface area (Å²) in [7, 11) is 0.962. The van der Waals surface area contributed by atoms with Gasteiger partial charge in [-0.25, -0.2) is 8.42 Å². The van der Waals surface area contributed by atoms with Gasteiger partial charge in [0.05, 0.1) is 10.5 Å². The van der Waals surface area contributed by atoms with Crippen LogP contribution in [0.2, 0.25) is 0 Å². The number of rotatable bonds is 2. The number of benzene rings is 1. The van der Waals surface area contributed by atoms with Gasteiger partial charge in [-0.1, -0.05) is 0 Å². The van der Waals surface area contributed by atoms with Gasteiger partial charge in [0.1, 0.15) is 11.0 Å². The van der Waals surface area contributed by atoms with Crippen LogP contribution >= 0.6 is 26.6 Å². The third-order valence-electron chi connectivity index (χ3n) is 1.60. The predicted octanol–water partition coefficient (Wildman–Crippen LogP) is 2.16. The Morgan fingerprint density at radius 3 is 2.44 bits per heavy atom. The second kappa shape index (κ2) is 4.37. The summed E-state index contributed by atoms with van der Waals surface area (Å²) >= 11 is 2.82. The van der Waals surface area contributed by atoms with Crippen LogP contribution < -0.4 is 0 Å². The topological polar surface area (TPSA) is 101 Å². The maximum Gasteiger partial charge on any atom is 0.271 e. The van der Waals surface area contributed by atoms with E-state index in [4.69, 9.17) is 15.9 Å². The highest BCUT2D eigenvalue weighted by Gasteiger charge is 2.23. The van der Waals surface area contributed by atoms with Crippen molar-refractivity contribution in [1.82, 2.24) is 0 Å². The van der Waals surface area contributed by atoms with Crippen molar-refractivity contribution in [2.45, 2.75) is 4.90 Å². The fraction of sp³-hybridized carbons (Fsp3) is 0. The first-order chi connectivity index (χ1) is 7.27. The van der Waals surface area contributed by atoms with Gasteiger partial charge in [0.2, 0.25) is 0 Å². The van der Waals surface area contributed by atoms with E-state index in [9.17, 15) is 18.5 Å². The van der Waals surface area contributed by atoms with Gasteiger partial charge in [-0.2, -0.15) is 5.26 Å². The van der Waals surface area contributed by atoms with E-state index in [0.29, 0.717) is 0 Å². The molecule has 6 nitrogen and oxygen atoms in total. The minimum Gasteiger partial charge on any atom is -0.258 e. The number of hydrogen-bond donors (Lipinski definition) is 0. The molecule has 1 rings (SSSR count). The lowest BCUT2D eigenvalue weighted by atomic mass is 10.2. The van der Waals surface area contributed by atoms with E-state index < -0.39 is 24.6 Å². The Hall–Kier alpha value is -1.17. The molecule has 0 aliphatic heterocycles. The smallest absolute Gasteiger partial charge is 0.258 e. The minimum atomic E-state index is -4.14. The molecule has 16 heavy (non-hydrogen) atoms. The summed E-state index contributed by atoms with van der Waals surface area (Å²) in [5, 5.41) is 19.2. The molecular weight excluding hydrogens is 324 g/mol. The van der Waals surface area contributed by atoms with E-state index in [0.717, 1.165) is 12.1 Å².